The van der Waals surface area contributed by atoms with E-state index in [2.05, 4.69) is 42.9 Å². The highest BCUT2D eigenvalue weighted by Gasteiger charge is 2.26. The largest absolute Gasteiger partial charge is 0.394 e. The number of hydrogen-bond donors (Lipinski definition) is 1. The lowest BCUT2D eigenvalue weighted by molar-refractivity contribution is 0.266. The molecule has 0 spiro atoms. The van der Waals surface area contributed by atoms with Crippen molar-refractivity contribution in [3.05, 3.63) is 41.7 Å². The van der Waals surface area contributed by atoms with Crippen LogP contribution in [-0.2, 0) is 0 Å². The molecule has 1 aromatic heterocycles. The van der Waals surface area contributed by atoms with Crippen LogP contribution in [0.15, 0.2) is 36.7 Å². The smallest absolute Gasteiger partial charge is 0.134 e. The molecule has 7 heteroatoms. The van der Waals surface area contributed by atoms with Gasteiger partial charge in [0.05, 0.1) is 12.6 Å². The van der Waals surface area contributed by atoms with Crippen LogP contribution in [-0.4, -0.2) is 60.4 Å². The summed E-state index contributed by atoms with van der Waals surface area (Å²) >= 11 is 5.98. The van der Waals surface area contributed by atoms with Crippen molar-refractivity contribution in [1.82, 2.24) is 9.97 Å². The van der Waals surface area contributed by atoms with Crippen molar-refractivity contribution in [2.45, 2.75) is 18.9 Å². The summed E-state index contributed by atoms with van der Waals surface area (Å²) in [6.45, 7) is 4.87. The minimum Gasteiger partial charge on any atom is -0.394 e. The van der Waals surface area contributed by atoms with E-state index in [9.17, 15) is 5.11 Å². The minimum absolute atomic E-state index is 0.180. The molecule has 0 bridgehead atoms. The third kappa shape index (κ3) is 3.57. The number of halogens is 1. The molecule has 26 heavy (non-hydrogen) atoms. The molecule has 1 N–H and O–H groups in total. The maximum absolute atomic E-state index is 9.56. The second-order valence-corrected chi connectivity index (χ2v) is 7.29. The molecule has 138 valence electrons. The first-order chi connectivity index (χ1) is 12.7. The van der Waals surface area contributed by atoms with Gasteiger partial charge in [0.15, 0.2) is 0 Å². The van der Waals surface area contributed by atoms with Gasteiger partial charge in [-0.05, 0) is 37.1 Å². The molecule has 3 heterocycles. The van der Waals surface area contributed by atoms with Crippen LogP contribution in [0.25, 0.3) is 0 Å². The minimum atomic E-state index is 0.180. The molecule has 2 aromatic rings. The number of aliphatic hydroxyl groups excluding tert-OH is 1. The van der Waals surface area contributed by atoms with Crippen molar-refractivity contribution in [2.75, 3.05) is 54.0 Å². The zero-order chi connectivity index (χ0) is 17.9. The third-order valence-corrected chi connectivity index (χ3v) is 5.57. The summed E-state index contributed by atoms with van der Waals surface area (Å²) in [5, 5.41) is 10.3. The molecule has 2 fully saturated rings. The van der Waals surface area contributed by atoms with Crippen LogP contribution in [0.1, 0.15) is 12.8 Å². The zero-order valence-electron chi connectivity index (χ0n) is 14.8. The second kappa shape index (κ2) is 7.68. The summed E-state index contributed by atoms with van der Waals surface area (Å²) < 4.78 is 0. The number of benzene rings is 1. The van der Waals surface area contributed by atoms with Crippen LogP contribution in [0.2, 0.25) is 5.02 Å². The zero-order valence-corrected chi connectivity index (χ0v) is 15.5. The molecule has 0 aliphatic carbocycles. The first-order valence-electron chi connectivity index (χ1n) is 9.19. The standard InChI is InChI=1S/C19H24ClN5O/c20-15-3-5-16(6-4-15)23-8-10-24(11-9-23)18-12-19(22-14-21-18)25-7-1-2-17(25)13-26/h3-6,12,14,17,26H,1-2,7-11,13H2. The van der Waals surface area contributed by atoms with Gasteiger partial charge >= 0.3 is 0 Å². The van der Waals surface area contributed by atoms with Crippen LogP contribution in [0.3, 0.4) is 0 Å². The average molecular weight is 374 g/mol. The fraction of sp³-hybridized carbons (Fsp3) is 0.474. The van der Waals surface area contributed by atoms with Crippen LogP contribution in [0, 0.1) is 0 Å². The fourth-order valence-electron chi connectivity index (χ4n) is 3.84. The van der Waals surface area contributed by atoms with E-state index in [1.807, 2.05) is 12.1 Å². The number of rotatable bonds is 4. The topological polar surface area (TPSA) is 55.7 Å². The van der Waals surface area contributed by atoms with Gasteiger partial charge < -0.3 is 19.8 Å². The number of hydrogen-bond acceptors (Lipinski definition) is 6. The molecular formula is C19H24ClN5O. The lowest BCUT2D eigenvalue weighted by Gasteiger charge is -2.37. The van der Waals surface area contributed by atoms with Crippen molar-refractivity contribution in [3.8, 4) is 0 Å². The van der Waals surface area contributed by atoms with Gasteiger partial charge in [-0.15, -0.1) is 0 Å². The molecule has 0 amide bonds. The van der Waals surface area contributed by atoms with E-state index in [0.29, 0.717) is 0 Å². The summed E-state index contributed by atoms with van der Waals surface area (Å²) in [6, 6.07) is 10.3. The van der Waals surface area contributed by atoms with Crippen LogP contribution >= 0.6 is 11.6 Å². The maximum Gasteiger partial charge on any atom is 0.134 e. The molecule has 1 unspecified atom stereocenters. The van der Waals surface area contributed by atoms with E-state index < -0.39 is 0 Å². The molecule has 1 atom stereocenters. The van der Waals surface area contributed by atoms with E-state index >= 15 is 0 Å². The van der Waals surface area contributed by atoms with Crippen LogP contribution in [0.4, 0.5) is 17.3 Å². The summed E-state index contributed by atoms with van der Waals surface area (Å²) in [4.78, 5) is 15.8. The van der Waals surface area contributed by atoms with Gasteiger partial charge in [-0.3, -0.25) is 0 Å². The second-order valence-electron chi connectivity index (χ2n) is 6.86. The Morgan fingerprint density at radius 3 is 2.38 bits per heavy atom. The molecule has 0 saturated carbocycles. The number of aromatic nitrogens is 2. The highest BCUT2D eigenvalue weighted by molar-refractivity contribution is 6.30. The molecule has 2 saturated heterocycles. The summed E-state index contributed by atoms with van der Waals surface area (Å²) in [6.07, 6.45) is 3.77. The summed E-state index contributed by atoms with van der Waals surface area (Å²) in [7, 11) is 0. The number of aliphatic hydroxyl groups is 1. The molecule has 0 radical (unpaired) electrons. The predicted octanol–water partition coefficient (Wildman–Crippen LogP) is 2.42. The maximum atomic E-state index is 9.56. The Balaban J connectivity index is 1.43. The third-order valence-electron chi connectivity index (χ3n) is 5.32. The van der Waals surface area contributed by atoms with Crippen molar-refractivity contribution in [1.29, 1.82) is 0 Å². The van der Waals surface area contributed by atoms with E-state index in [0.717, 1.165) is 62.2 Å². The normalized spacial score (nSPS) is 20.7. The Morgan fingerprint density at radius 1 is 0.962 bits per heavy atom. The van der Waals surface area contributed by atoms with Gasteiger partial charge in [0.1, 0.15) is 18.0 Å². The lowest BCUT2D eigenvalue weighted by Crippen LogP contribution is -2.47. The van der Waals surface area contributed by atoms with E-state index in [1.54, 1.807) is 6.33 Å². The number of nitrogens with zero attached hydrogens (tertiary/aromatic N) is 5. The van der Waals surface area contributed by atoms with E-state index in [-0.39, 0.29) is 12.6 Å². The summed E-state index contributed by atoms with van der Waals surface area (Å²) in [5.74, 6) is 1.89. The molecule has 6 nitrogen and oxygen atoms in total. The monoisotopic (exact) mass is 373 g/mol. The highest BCUT2D eigenvalue weighted by Crippen LogP contribution is 2.27. The Hall–Kier alpha value is -2.05. The Morgan fingerprint density at radius 2 is 1.65 bits per heavy atom. The van der Waals surface area contributed by atoms with Crippen molar-refractivity contribution in [2.24, 2.45) is 0 Å². The van der Waals surface area contributed by atoms with Crippen molar-refractivity contribution >= 4 is 28.9 Å². The van der Waals surface area contributed by atoms with Gasteiger partial charge in [-0.1, -0.05) is 11.6 Å². The predicted molar refractivity (Wildman–Crippen MR) is 105 cm³/mol. The van der Waals surface area contributed by atoms with Gasteiger partial charge in [-0.2, -0.15) is 0 Å². The van der Waals surface area contributed by atoms with Gasteiger partial charge in [0.2, 0.25) is 0 Å². The van der Waals surface area contributed by atoms with Gasteiger partial charge in [0, 0.05) is 49.5 Å². The van der Waals surface area contributed by atoms with Crippen LogP contribution in [0.5, 0.6) is 0 Å². The molecule has 1 aromatic carbocycles. The van der Waals surface area contributed by atoms with Gasteiger partial charge in [0.25, 0.3) is 0 Å². The van der Waals surface area contributed by atoms with Crippen LogP contribution < -0.4 is 14.7 Å². The Bertz CT molecular complexity index is 733. The Kier molecular flexibility index (Phi) is 5.13. The molecular weight excluding hydrogens is 350 g/mol. The van der Waals surface area contributed by atoms with E-state index in [4.69, 9.17) is 11.6 Å². The number of piperazine rings is 1. The highest BCUT2D eigenvalue weighted by atomic mass is 35.5. The summed E-state index contributed by atoms with van der Waals surface area (Å²) in [5.41, 5.74) is 1.21. The van der Waals surface area contributed by atoms with Crippen molar-refractivity contribution in [3.63, 3.8) is 0 Å². The SMILES string of the molecule is OCC1CCCN1c1cc(N2CCN(c3ccc(Cl)cc3)CC2)ncn1. The van der Waals surface area contributed by atoms with Gasteiger partial charge in [-0.25, -0.2) is 9.97 Å². The first-order valence-corrected chi connectivity index (χ1v) is 9.57. The molecule has 2 aliphatic heterocycles. The number of anilines is 3. The molecule has 4 rings (SSSR count). The first kappa shape index (κ1) is 17.4. The molecule has 2 aliphatic rings. The quantitative estimate of drug-likeness (QED) is 0.888. The van der Waals surface area contributed by atoms with Crippen molar-refractivity contribution < 1.29 is 5.11 Å². The van der Waals surface area contributed by atoms with E-state index in [1.165, 1.54) is 5.69 Å². The average Bonchev–Trinajstić information content (AvgIpc) is 3.18. The lowest BCUT2D eigenvalue weighted by atomic mass is 10.2. The Labute approximate surface area is 159 Å². The fourth-order valence-corrected chi connectivity index (χ4v) is 3.97.